The molecular weight excluding hydrogens is 250 g/mol. The maximum absolute atomic E-state index is 12.8. The van der Waals surface area contributed by atoms with Crippen LogP contribution in [-0.4, -0.2) is 23.7 Å². The number of carbonyl (C=O) groups excluding carboxylic acids is 1. The lowest BCUT2D eigenvalue weighted by Gasteiger charge is -2.31. The molecule has 1 aliphatic rings. The number of carbonyl (C=O) groups is 1. The molecule has 2 N–H and O–H groups in total. The number of benzene rings is 1. The van der Waals surface area contributed by atoms with Gasteiger partial charge < -0.3 is 10.4 Å². The van der Waals surface area contributed by atoms with Crippen molar-refractivity contribution in [2.45, 2.75) is 51.0 Å². The van der Waals surface area contributed by atoms with E-state index >= 15 is 0 Å². The molecule has 1 fully saturated rings. The molecule has 3 heteroatoms. The smallest absolute Gasteiger partial charge is 0.230 e. The van der Waals surface area contributed by atoms with E-state index in [-0.39, 0.29) is 24.5 Å². The highest BCUT2D eigenvalue weighted by atomic mass is 16.3. The van der Waals surface area contributed by atoms with E-state index < -0.39 is 5.41 Å². The summed E-state index contributed by atoms with van der Waals surface area (Å²) in [5.41, 5.74) is 0.708. The van der Waals surface area contributed by atoms with Crippen LogP contribution in [0, 0.1) is 5.92 Å². The summed E-state index contributed by atoms with van der Waals surface area (Å²) >= 11 is 0. The second kappa shape index (κ2) is 6.40. The third-order valence-corrected chi connectivity index (χ3v) is 4.54. The third kappa shape index (κ3) is 2.88. The molecule has 0 aliphatic heterocycles. The van der Waals surface area contributed by atoms with E-state index in [2.05, 4.69) is 5.32 Å². The normalized spacial score (nSPS) is 19.0. The monoisotopic (exact) mass is 275 g/mol. The Morgan fingerprint density at radius 1 is 1.25 bits per heavy atom. The van der Waals surface area contributed by atoms with Gasteiger partial charge in [0, 0.05) is 0 Å². The fraction of sp³-hybridized carbons (Fsp3) is 0.588. The van der Waals surface area contributed by atoms with Crippen molar-refractivity contribution in [3.63, 3.8) is 0 Å². The van der Waals surface area contributed by atoms with Crippen LogP contribution in [-0.2, 0) is 10.2 Å². The topological polar surface area (TPSA) is 49.3 Å². The molecule has 0 saturated heterocycles. The summed E-state index contributed by atoms with van der Waals surface area (Å²) in [6, 6.07) is 9.91. The van der Waals surface area contributed by atoms with Crippen LogP contribution in [0.1, 0.15) is 45.1 Å². The van der Waals surface area contributed by atoms with Gasteiger partial charge in [-0.15, -0.1) is 0 Å². The molecular formula is C17H25NO2. The molecule has 1 aliphatic carbocycles. The minimum atomic E-state index is -0.399. The van der Waals surface area contributed by atoms with Gasteiger partial charge in [0.25, 0.3) is 0 Å². The Hall–Kier alpha value is -1.35. The Morgan fingerprint density at radius 3 is 2.35 bits per heavy atom. The van der Waals surface area contributed by atoms with Crippen LogP contribution in [0.15, 0.2) is 30.3 Å². The van der Waals surface area contributed by atoms with E-state index in [1.165, 1.54) is 0 Å². The summed E-state index contributed by atoms with van der Waals surface area (Å²) in [4.78, 5) is 12.8. The minimum absolute atomic E-state index is 0.00568. The quantitative estimate of drug-likeness (QED) is 0.868. The van der Waals surface area contributed by atoms with Gasteiger partial charge in [0.05, 0.1) is 18.1 Å². The van der Waals surface area contributed by atoms with E-state index in [1.807, 2.05) is 44.2 Å². The number of hydrogen-bond donors (Lipinski definition) is 2. The van der Waals surface area contributed by atoms with Crippen LogP contribution < -0.4 is 5.32 Å². The van der Waals surface area contributed by atoms with E-state index in [0.717, 1.165) is 31.2 Å². The lowest BCUT2D eigenvalue weighted by Crippen LogP contribution is -2.50. The van der Waals surface area contributed by atoms with Crippen molar-refractivity contribution in [2.24, 2.45) is 5.92 Å². The average Bonchev–Trinajstić information content (AvgIpc) is 2.96. The van der Waals surface area contributed by atoms with Crippen LogP contribution in [0.2, 0.25) is 0 Å². The number of amides is 1. The van der Waals surface area contributed by atoms with Gasteiger partial charge in [-0.05, 0) is 24.3 Å². The maximum atomic E-state index is 12.8. The fourth-order valence-corrected chi connectivity index (χ4v) is 3.11. The van der Waals surface area contributed by atoms with Gasteiger partial charge in [-0.25, -0.2) is 0 Å². The molecule has 0 aromatic heterocycles. The van der Waals surface area contributed by atoms with E-state index in [4.69, 9.17) is 0 Å². The lowest BCUT2D eigenvalue weighted by molar-refractivity contribution is -0.128. The van der Waals surface area contributed by atoms with Crippen molar-refractivity contribution in [2.75, 3.05) is 6.61 Å². The molecule has 1 amide bonds. The van der Waals surface area contributed by atoms with Gasteiger partial charge >= 0.3 is 0 Å². The van der Waals surface area contributed by atoms with Gasteiger partial charge in [0.1, 0.15) is 0 Å². The Kier molecular flexibility index (Phi) is 4.81. The fourth-order valence-electron chi connectivity index (χ4n) is 3.11. The Bertz CT molecular complexity index is 436. The molecule has 110 valence electrons. The first-order valence-corrected chi connectivity index (χ1v) is 7.57. The van der Waals surface area contributed by atoms with E-state index in [0.29, 0.717) is 0 Å². The highest BCUT2D eigenvalue weighted by molar-refractivity contribution is 5.88. The number of aliphatic hydroxyl groups is 1. The highest BCUT2D eigenvalue weighted by Crippen LogP contribution is 2.41. The van der Waals surface area contributed by atoms with Gasteiger partial charge in [0.15, 0.2) is 0 Å². The number of hydrogen-bond acceptors (Lipinski definition) is 2. The van der Waals surface area contributed by atoms with Gasteiger partial charge in [0.2, 0.25) is 5.91 Å². The maximum Gasteiger partial charge on any atom is 0.230 e. The van der Waals surface area contributed by atoms with Gasteiger partial charge in [-0.2, -0.15) is 0 Å². The summed E-state index contributed by atoms with van der Waals surface area (Å²) in [7, 11) is 0. The average molecular weight is 275 g/mol. The van der Waals surface area contributed by atoms with Crippen LogP contribution in [0.5, 0.6) is 0 Å². The molecule has 1 unspecified atom stereocenters. The second-order valence-corrected chi connectivity index (χ2v) is 6.16. The molecule has 1 aromatic rings. The molecule has 1 aromatic carbocycles. The minimum Gasteiger partial charge on any atom is -0.394 e. The van der Waals surface area contributed by atoms with Crippen molar-refractivity contribution < 1.29 is 9.90 Å². The molecule has 20 heavy (non-hydrogen) atoms. The zero-order valence-electron chi connectivity index (χ0n) is 12.4. The first kappa shape index (κ1) is 15.0. The molecule has 0 heterocycles. The summed E-state index contributed by atoms with van der Waals surface area (Å²) < 4.78 is 0. The molecule has 0 spiro atoms. The zero-order valence-corrected chi connectivity index (χ0v) is 12.4. The van der Waals surface area contributed by atoms with Crippen LogP contribution in [0.4, 0.5) is 0 Å². The summed E-state index contributed by atoms with van der Waals surface area (Å²) in [5.74, 6) is 0.312. The molecule has 0 bridgehead atoms. The van der Waals surface area contributed by atoms with Gasteiger partial charge in [-0.3, -0.25) is 4.79 Å². The Morgan fingerprint density at radius 2 is 1.85 bits per heavy atom. The zero-order chi connectivity index (χ0) is 14.6. The van der Waals surface area contributed by atoms with E-state index in [1.54, 1.807) is 0 Å². The van der Waals surface area contributed by atoms with Crippen molar-refractivity contribution in [1.29, 1.82) is 0 Å². The predicted octanol–water partition coefficient (Wildman–Crippen LogP) is 2.63. The Balaban J connectivity index is 2.23. The van der Waals surface area contributed by atoms with Crippen molar-refractivity contribution in [3.8, 4) is 0 Å². The van der Waals surface area contributed by atoms with Crippen LogP contribution in [0.3, 0.4) is 0 Å². The molecule has 2 rings (SSSR count). The first-order chi connectivity index (χ1) is 9.60. The number of rotatable bonds is 5. The van der Waals surface area contributed by atoms with Crippen molar-refractivity contribution >= 4 is 5.91 Å². The van der Waals surface area contributed by atoms with Crippen LogP contribution in [0.25, 0.3) is 0 Å². The highest BCUT2D eigenvalue weighted by Gasteiger charge is 2.43. The summed E-state index contributed by atoms with van der Waals surface area (Å²) in [6.07, 6.45) is 3.99. The summed E-state index contributed by atoms with van der Waals surface area (Å²) in [5, 5.41) is 12.5. The largest absolute Gasteiger partial charge is 0.394 e. The number of nitrogens with one attached hydrogen (secondary N) is 1. The van der Waals surface area contributed by atoms with Gasteiger partial charge in [-0.1, -0.05) is 57.0 Å². The molecule has 1 atom stereocenters. The first-order valence-electron chi connectivity index (χ1n) is 7.57. The second-order valence-electron chi connectivity index (χ2n) is 6.16. The summed E-state index contributed by atoms with van der Waals surface area (Å²) in [6.45, 7) is 4.03. The number of aliphatic hydroxyl groups excluding tert-OH is 1. The molecule has 3 nitrogen and oxygen atoms in total. The molecule has 0 radical (unpaired) electrons. The SMILES string of the molecule is CC(C)C(CO)NC(=O)C1(c2ccccc2)CCCC1. The lowest BCUT2D eigenvalue weighted by atomic mass is 9.77. The van der Waals surface area contributed by atoms with Crippen molar-refractivity contribution in [1.82, 2.24) is 5.32 Å². The Labute approximate surface area is 121 Å². The predicted molar refractivity (Wildman–Crippen MR) is 80.4 cm³/mol. The van der Waals surface area contributed by atoms with Crippen LogP contribution >= 0.6 is 0 Å². The molecule has 1 saturated carbocycles. The van der Waals surface area contributed by atoms with E-state index in [9.17, 15) is 9.90 Å². The van der Waals surface area contributed by atoms with Crippen molar-refractivity contribution in [3.05, 3.63) is 35.9 Å². The third-order valence-electron chi connectivity index (χ3n) is 4.54. The standard InChI is InChI=1S/C17H25NO2/c1-13(2)15(12-19)18-16(20)17(10-6-7-11-17)14-8-4-3-5-9-14/h3-5,8-9,13,15,19H,6-7,10-12H2,1-2H3,(H,18,20).